The summed E-state index contributed by atoms with van der Waals surface area (Å²) in [6.45, 7) is 0. The van der Waals surface area contributed by atoms with Crippen LogP contribution in [0, 0.1) is 0 Å². The van der Waals surface area contributed by atoms with Gasteiger partial charge in [0.2, 0.25) is 11.8 Å². The van der Waals surface area contributed by atoms with E-state index in [9.17, 15) is 0 Å². The van der Waals surface area contributed by atoms with Crippen LogP contribution in [0.3, 0.4) is 0 Å². The van der Waals surface area contributed by atoms with Gasteiger partial charge in [-0.3, -0.25) is 5.10 Å². The summed E-state index contributed by atoms with van der Waals surface area (Å²) in [6.07, 6.45) is 1.65. The smallest absolute Gasteiger partial charge is 0.230 e. The Balaban J connectivity index is 2.67. The summed E-state index contributed by atoms with van der Waals surface area (Å²) < 4.78 is 5.14. The molecule has 74 valence electrons. The van der Waals surface area contributed by atoms with Crippen LogP contribution in [0.25, 0.3) is 11.0 Å². The molecule has 1 N–H and O–H groups in total. The highest BCUT2D eigenvalue weighted by Crippen LogP contribution is 2.22. The molecule has 0 spiro atoms. The fourth-order valence-corrected chi connectivity index (χ4v) is 1.15. The average molecular weight is 193 g/mol. The molecule has 0 unspecified atom stereocenters. The molecule has 0 radical (unpaired) electrons. The molecule has 6 nitrogen and oxygen atoms in total. The summed E-state index contributed by atoms with van der Waals surface area (Å²) >= 11 is 0. The monoisotopic (exact) mass is 193 g/mol. The zero-order valence-electron chi connectivity index (χ0n) is 8.27. The molecular formula is C8H11N5O. The Morgan fingerprint density at radius 1 is 1.36 bits per heavy atom. The van der Waals surface area contributed by atoms with Gasteiger partial charge in [0.25, 0.3) is 0 Å². The van der Waals surface area contributed by atoms with E-state index in [0.29, 0.717) is 17.5 Å². The van der Waals surface area contributed by atoms with Gasteiger partial charge in [0.1, 0.15) is 5.39 Å². The number of hydrogen-bond donors (Lipinski definition) is 1. The molecule has 0 aromatic carbocycles. The van der Waals surface area contributed by atoms with Crippen LogP contribution in [0.4, 0.5) is 5.95 Å². The highest BCUT2D eigenvalue weighted by molar-refractivity contribution is 5.80. The summed E-state index contributed by atoms with van der Waals surface area (Å²) in [5, 5.41) is 7.46. The normalized spacial score (nSPS) is 10.5. The van der Waals surface area contributed by atoms with Gasteiger partial charge in [-0.25, -0.2) is 0 Å². The summed E-state index contributed by atoms with van der Waals surface area (Å²) in [5.74, 6) is 1.13. The first-order valence-corrected chi connectivity index (χ1v) is 4.15. The first-order chi connectivity index (χ1) is 6.72. The van der Waals surface area contributed by atoms with Crippen molar-refractivity contribution in [1.29, 1.82) is 0 Å². The Kier molecular flexibility index (Phi) is 1.95. The Hall–Kier alpha value is -1.85. The fraction of sp³-hybridized carbons (Fsp3) is 0.375. The zero-order chi connectivity index (χ0) is 10.1. The van der Waals surface area contributed by atoms with E-state index in [2.05, 4.69) is 20.2 Å². The fourth-order valence-electron chi connectivity index (χ4n) is 1.15. The number of rotatable bonds is 2. The van der Waals surface area contributed by atoms with Gasteiger partial charge in [0, 0.05) is 14.1 Å². The molecule has 2 aromatic heterocycles. The highest BCUT2D eigenvalue weighted by Gasteiger charge is 2.10. The van der Waals surface area contributed by atoms with Crippen LogP contribution in [-0.2, 0) is 0 Å². The molecule has 0 atom stereocenters. The molecule has 0 aliphatic rings. The quantitative estimate of drug-likeness (QED) is 0.749. The predicted molar refractivity (Wildman–Crippen MR) is 52.6 cm³/mol. The van der Waals surface area contributed by atoms with Crippen molar-refractivity contribution in [3.63, 3.8) is 0 Å². The topological polar surface area (TPSA) is 66.9 Å². The van der Waals surface area contributed by atoms with E-state index in [1.807, 2.05) is 19.0 Å². The van der Waals surface area contributed by atoms with Gasteiger partial charge in [-0.15, -0.1) is 0 Å². The Bertz CT molecular complexity index is 450. The van der Waals surface area contributed by atoms with E-state index in [1.165, 1.54) is 0 Å². The minimum Gasteiger partial charge on any atom is -0.480 e. The molecular weight excluding hydrogens is 182 g/mol. The molecule has 0 amide bonds. The van der Waals surface area contributed by atoms with Gasteiger partial charge in [0.05, 0.1) is 13.3 Å². The van der Waals surface area contributed by atoms with Gasteiger partial charge < -0.3 is 9.64 Å². The van der Waals surface area contributed by atoms with Gasteiger partial charge in [-0.2, -0.15) is 15.1 Å². The molecule has 0 saturated heterocycles. The van der Waals surface area contributed by atoms with Gasteiger partial charge >= 0.3 is 0 Å². The van der Waals surface area contributed by atoms with Crippen LogP contribution in [-0.4, -0.2) is 41.4 Å². The van der Waals surface area contributed by atoms with Crippen LogP contribution < -0.4 is 9.64 Å². The molecule has 0 bridgehead atoms. The first-order valence-electron chi connectivity index (χ1n) is 4.15. The third-order valence-corrected chi connectivity index (χ3v) is 1.86. The van der Waals surface area contributed by atoms with Crippen molar-refractivity contribution in [2.45, 2.75) is 0 Å². The second-order valence-corrected chi connectivity index (χ2v) is 3.06. The van der Waals surface area contributed by atoms with Crippen molar-refractivity contribution >= 4 is 17.0 Å². The molecule has 0 fully saturated rings. The van der Waals surface area contributed by atoms with E-state index in [1.54, 1.807) is 13.3 Å². The van der Waals surface area contributed by atoms with Crippen LogP contribution >= 0.6 is 0 Å². The maximum atomic E-state index is 5.14. The minimum atomic E-state index is 0.535. The number of methoxy groups -OCH3 is 1. The average Bonchev–Trinajstić information content (AvgIpc) is 2.63. The lowest BCUT2D eigenvalue weighted by Gasteiger charge is -2.10. The number of ether oxygens (including phenoxy) is 1. The molecule has 14 heavy (non-hydrogen) atoms. The first kappa shape index (κ1) is 8.74. The number of hydrogen-bond acceptors (Lipinski definition) is 5. The number of H-pyrrole nitrogens is 1. The number of fused-ring (bicyclic) bond motifs is 1. The van der Waals surface area contributed by atoms with Gasteiger partial charge in [-0.05, 0) is 0 Å². The summed E-state index contributed by atoms with van der Waals surface area (Å²) in [4.78, 5) is 10.3. The van der Waals surface area contributed by atoms with Crippen molar-refractivity contribution in [3.05, 3.63) is 6.20 Å². The van der Waals surface area contributed by atoms with Crippen LogP contribution in [0.5, 0.6) is 5.88 Å². The van der Waals surface area contributed by atoms with E-state index in [0.717, 1.165) is 5.39 Å². The number of anilines is 1. The zero-order valence-corrected chi connectivity index (χ0v) is 8.27. The summed E-state index contributed by atoms with van der Waals surface area (Å²) in [6, 6.07) is 0. The number of nitrogens with zero attached hydrogens (tertiary/aromatic N) is 4. The highest BCUT2D eigenvalue weighted by atomic mass is 16.5. The lowest BCUT2D eigenvalue weighted by atomic mass is 10.4. The summed E-state index contributed by atoms with van der Waals surface area (Å²) in [7, 11) is 5.32. The summed E-state index contributed by atoms with van der Waals surface area (Å²) in [5.41, 5.74) is 0.681. The SMILES string of the molecule is COc1nc(N(C)C)nc2[nH]ncc12. The predicted octanol–water partition coefficient (Wildman–Crippen LogP) is 0.427. The van der Waals surface area contributed by atoms with Crippen LogP contribution in [0.1, 0.15) is 0 Å². The lowest BCUT2D eigenvalue weighted by molar-refractivity contribution is 0.403. The Morgan fingerprint density at radius 3 is 2.79 bits per heavy atom. The van der Waals surface area contributed by atoms with Gasteiger partial charge in [0.15, 0.2) is 5.65 Å². The second kappa shape index (κ2) is 3.13. The van der Waals surface area contributed by atoms with Crippen molar-refractivity contribution in [3.8, 4) is 5.88 Å². The second-order valence-electron chi connectivity index (χ2n) is 3.06. The Labute approximate surface area is 80.9 Å². The van der Waals surface area contributed by atoms with Crippen molar-refractivity contribution < 1.29 is 4.74 Å². The van der Waals surface area contributed by atoms with E-state index in [-0.39, 0.29) is 0 Å². The molecule has 0 aliphatic heterocycles. The standard InChI is InChI=1S/C8H11N5O/c1-13(2)8-10-6-5(4-9-12-6)7(11-8)14-3/h4H,1-3H3,(H,9,10,11,12). The molecule has 6 heteroatoms. The third kappa shape index (κ3) is 1.24. The van der Waals surface area contributed by atoms with Crippen LogP contribution in [0.15, 0.2) is 6.20 Å². The van der Waals surface area contributed by atoms with Crippen LogP contribution in [0.2, 0.25) is 0 Å². The largest absolute Gasteiger partial charge is 0.480 e. The van der Waals surface area contributed by atoms with E-state index in [4.69, 9.17) is 4.74 Å². The molecule has 0 saturated carbocycles. The van der Waals surface area contributed by atoms with Gasteiger partial charge in [-0.1, -0.05) is 0 Å². The van der Waals surface area contributed by atoms with Crippen molar-refractivity contribution in [1.82, 2.24) is 20.2 Å². The minimum absolute atomic E-state index is 0.535. The number of aromatic amines is 1. The molecule has 2 heterocycles. The van der Waals surface area contributed by atoms with Crippen molar-refractivity contribution in [2.75, 3.05) is 26.1 Å². The number of aromatic nitrogens is 4. The molecule has 2 aromatic rings. The maximum Gasteiger partial charge on any atom is 0.230 e. The van der Waals surface area contributed by atoms with E-state index < -0.39 is 0 Å². The third-order valence-electron chi connectivity index (χ3n) is 1.86. The van der Waals surface area contributed by atoms with Crippen molar-refractivity contribution in [2.24, 2.45) is 0 Å². The molecule has 0 aliphatic carbocycles. The lowest BCUT2D eigenvalue weighted by Crippen LogP contribution is -2.13. The van der Waals surface area contributed by atoms with E-state index >= 15 is 0 Å². The maximum absolute atomic E-state index is 5.14. The number of nitrogens with one attached hydrogen (secondary N) is 1. The molecule has 2 rings (SSSR count). The Morgan fingerprint density at radius 2 is 2.14 bits per heavy atom.